The van der Waals surface area contributed by atoms with E-state index in [0.29, 0.717) is 44.6 Å². The molecule has 10 nitrogen and oxygen atoms in total. The average molecular weight is 688 g/mol. The predicted octanol–water partition coefficient (Wildman–Crippen LogP) is 5.74. The van der Waals surface area contributed by atoms with Gasteiger partial charge in [-0.2, -0.15) is 8.78 Å². The molecule has 4 rings (SSSR count). The smallest absolute Gasteiger partial charge is 0.387 e. The Kier molecular flexibility index (Phi) is 12.0. The van der Waals surface area contributed by atoms with Gasteiger partial charge in [0.1, 0.15) is 28.4 Å². The standard InChI is InChI=1S/C30H32Cl2F2N3O7S/c1-36(2)29(39)21-11-19(7-9-24(21)41-3)45-35-13-28(38)43-26(12-20-22(31)14-37(40)15-23(20)32)18-6-8-25(44-30(33)34)27(10-18)42-16-17-4-5-17/h6-11,14-15,17,26,30,35,40H,4-5,12-13,16H2,1-3H3/q+1. The fraction of sp³-hybridized carbons (Fsp3) is 0.367. The fourth-order valence-corrected chi connectivity index (χ4v) is 5.48. The number of carbonyl (C=O) groups excluding carboxylic acids is 2. The third-order valence-electron chi connectivity index (χ3n) is 6.67. The van der Waals surface area contributed by atoms with Crippen molar-refractivity contribution in [3.8, 4) is 17.2 Å². The first-order valence-corrected chi connectivity index (χ1v) is 15.3. The van der Waals surface area contributed by atoms with Crippen molar-refractivity contribution in [2.45, 2.75) is 36.9 Å². The molecule has 1 amide bonds. The van der Waals surface area contributed by atoms with Gasteiger partial charge in [0, 0.05) is 35.7 Å². The molecule has 1 heterocycles. The molecule has 1 unspecified atom stereocenters. The van der Waals surface area contributed by atoms with Gasteiger partial charge in [-0.3, -0.25) is 14.8 Å². The van der Waals surface area contributed by atoms with Crippen molar-refractivity contribution in [2.75, 3.05) is 34.4 Å². The lowest BCUT2D eigenvalue weighted by Crippen LogP contribution is -2.29. The minimum atomic E-state index is -3.06. The molecule has 45 heavy (non-hydrogen) atoms. The van der Waals surface area contributed by atoms with Crippen molar-refractivity contribution < 1.29 is 47.3 Å². The van der Waals surface area contributed by atoms with Crippen LogP contribution in [0.15, 0.2) is 53.7 Å². The number of aromatic nitrogens is 1. The van der Waals surface area contributed by atoms with Gasteiger partial charge in [0.05, 0.1) is 19.3 Å². The Morgan fingerprint density at radius 2 is 1.78 bits per heavy atom. The summed E-state index contributed by atoms with van der Waals surface area (Å²) in [6.45, 7) is -2.98. The van der Waals surface area contributed by atoms with Gasteiger partial charge in [0.15, 0.2) is 11.5 Å². The maximum atomic E-state index is 13.1. The van der Waals surface area contributed by atoms with Crippen molar-refractivity contribution in [1.29, 1.82) is 0 Å². The van der Waals surface area contributed by atoms with Crippen LogP contribution in [0.25, 0.3) is 0 Å². The molecule has 0 radical (unpaired) electrons. The summed E-state index contributed by atoms with van der Waals surface area (Å²) >= 11 is 13.8. The Morgan fingerprint density at radius 3 is 2.40 bits per heavy atom. The molecule has 2 N–H and O–H groups in total. The van der Waals surface area contributed by atoms with Crippen molar-refractivity contribution in [3.05, 3.63) is 75.5 Å². The highest BCUT2D eigenvalue weighted by molar-refractivity contribution is 7.97. The Balaban J connectivity index is 1.53. The van der Waals surface area contributed by atoms with E-state index in [-0.39, 0.29) is 40.4 Å². The van der Waals surface area contributed by atoms with Crippen LogP contribution >= 0.6 is 35.1 Å². The summed E-state index contributed by atoms with van der Waals surface area (Å²) in [5.74, 6) is -0.223. The molecule has 15 heteroatoms. The summed E-state index contributed by atoms with van der Waals surface area (Å²) in [4.78, 5) is 27.7. The molecule has 0 aliphatic heterocycles. The van der Waals surface area contributed by atoms with Gasteiger partial charge in [-0.05, 0) is 66.6 Å². The van der Waals surface area contributed by atoms with Crippen molar-refractivity contribution in [1.82, 2.24) is 9.62 Å². The number of nitrogens with zero attached hydrogens (tertiary/aromatic N) is 2. The highest BCUT2D eigenvalue weighted by Crippen LogP contribution is 2.38. The van der Waals surface area contributed by atoms with Gasteiger partial charge in [0.25, 0.3) is 5.91 Å². The van der Waals surface area contributed by atoms with Crippen LogP contribution in [0.5, 0.6) is 17.2 Å². The van der Waals surface area contributed by atoms with E-state index in [1.165, 1.54) is 42.6 Å². The minimum Gasteiger partial charge on any atom is -0.496 e. The molecule has 1 saturated carbocycles. The maximum Gasteiger partial charge on any atom is 0.387 e. The summed E-state index contributed by atoms with van der Waals surface area (Å²) in [7, 11) is 4.73. The van der Waals surface area contributed by atoms with E-state index in [1.54, 1.807) is 32.3 Å². The van der Waals surface area contributed by atoms with E-state index >= 15 is 0 Å². The molecule has 0 spiro atoms. The summed E-state index contributed by atoms with van der Waals surface area (Å²) in [6, 6.07) is 9.33. The molecular formula is C30H32Cl2F2N3O7S+. The number of benzene rings is 2. The minimum absolute atomic E-state index is 0.0109. The van der Waals surface area contributed by atoms with E-state index in [0.717, 1.165) is 24.8 Å². The summed E-state index contributed by atoms with van der Waals surface area (Å²) in [5, 5.41) is 10.0. The van der Waals surface area contributed by atoms with E-state index < -0.39 is 18.7 Å². The largest absolute Gasteiger partial charge is 0.496 e. The molecule has 2 aromatic carbocycles. The Labute approximate surface area is 273 Å². The van der Waals surface area contributed by atoms with Gasteiger partial charge < -0.3 is 23.8 Å². The number of nitrogens with one attached hydrogen (secondary N) is 1. The average Bonchev–Trinajstić information content (AvgIpc) is 3.81. The van der Waals surface area contributed by atoms with Gasteiger partial charge >= 0.3 is 12.6 Å². The molecule has 242 valence electrons. The summed E-state index contributed by atoms with van der Waals surface area (Å²) < 4.78 is 51.4. The van der Waals surface area contributed by atoms with Gasteiger partial charge in [-0.1, -0.05) is 29.3 Å². The fourth-order valence-electron chi connectivity index (χ4n) is 4.21. The highest BCUT2D eigenvalue weighted by atomic mass is 35.5. The first kappa shape index (κ1) is 34.4. The van der Waals surface area contributed by atoms with Crippen LogP contribution in [0.1, 0.15) is 40.4 Å². The second-order valence-corrected chi connectivity index (χ2v) is 12.1. The second kappa shape index (κ2) is 15.7. The van der Waals surface area contributed by atoms with E-state index in [4.69, 9.17) is 37.4 Å². The van der Waals surface area contributed by atoms with Crippen LogP contribution in [-0.4, -0.2) is 63.0 Å². The zero-order valence-corrected chi connectivity index (χ0v) is 26.9. The number of hydrogen-bond acceptors (Lipinski definition) is 9. The van der Waals surface area contributed by atoms with E-state index in [9.17, 15) is 23.6 Å². The zero-order chi connectivity index (χ0) is 32.7. The Hall–Kier alpha value is -3.52. The number of ether oxygens (including phenoxy) is 4. The molecule has 1 aromatic heterocycles. The second-order valence-electron chi connectivity index (χ2n) is 10.3. The van der Waals surface area contributed by atoms with Gasteiger partial charge in [0.2, 0.25) is 12.4 Å². The molecule has 1 aliphatic rings. The van der Waals surface area contributed by atoms with Crippen LogP contribution in [0.4, 0.5) is 8.78 Å². The molecule has 0 bridgehead atoms. The number of pyridine rings is 1. The normalized spacial score (nSPS) is 13.3. The SMILES string of the molecule is COc1ccc(SNCC(=O)OC(Cc2c(Cl)c[n+](O)cc2Cl)c2ccc(OC(F)F)c(OCC3CC3)c2)cc1C(=O)N(C)C. The first-order valence-electron chi connectivity index (χ1n) is 13.7. The third kappa shape index (κ3) is 9.73. The zero-order valence-electron chi connectivity index (χ0n) is 24.6. The number of carbonyl (C=O) groups is 2. The topological polar surface area (TPSA) is 110 Å². The van der Waals surface area contributed by atoms with Crippen LogP contribution in [0.3, 0.4) is 0 Å². The lowest BCUT2D eigenvalue weighted by molar-refractivity contribution is -0.904. The first-order chi connectivity index (χ1) is 21.4. The van der Waals surface area contributed by atoms with Gasteiger partial charge in [-0.15, -0.1) is 0 Å². The van der Waals surface area contributed by atoms with Gasteiger partial charge in [-0.25, -0.2) is 4.72 Å². The monoisotopic (exact) mass is 686 g/mol. The lowest BCUT2D eigenvalue weighted by atomic mass is 10.0. The van der Waals surface area contributed by atoms with Crippen LogP contribution < -0.4 is 23.7 Å². The van der Waals surface area contributed by atoms with Crippen LogP contribution in [-0.2, 0) is 16.0 Å². The predicted molar refractivity (Wildman–Crippen MR) is 163 cm³/mol. The summed E-state index contributed by atoms with van der Waals surface area (Å²) in [6.07, 6.45) is 3.43. The number of esters is 1. The van der Waals surface area contributed by atoms with Crippen LogP contribution in [0.2, 0.25) is 10.0 Å². The number of methoxy groups -OCH3 is 1. The molecule has 1 fully saturated rings. The number of halogens is 4. The quantitative estimate of drug-likeness (QED) is 0.0895. The number of rotatable bonds is 15. The van der Waals surface area contributed by atoms with Crippen LogP contribution in [0, 0.1) is 5.92 Å². The Morgan fingerprint density at radius 1 is 1.09 bits per heavy atom. The summed E-state index contributed by atoms with van der Waals surface area (Å²) in [5.41, 5.74) is 1.16. The number of alkyl halides is 2. The lowest BCUT2D eigenvalue weighted by Gasteiger charge is -2.21. The van der Waals surface area contributed by atoms with Crippen molar-refractivity contribution >= 4 is 47.0 Å². The Bertz CT molecular complexity index is 1510. The molecule has 0 saturated heterocycles. The third-order valence-corrected chi connectivity index (χ3v) is 8.10. The van der Waals surface area contributed by atoms with Crippen molar-refractivity contribution in [3.63, 3.8) is 0 Å². The number of amides is 1. The molecule has 1 aliphatic carbocycles. The number of hydrogen-bond donors (Lipinski definition) is 2. The maximum absolute atomic E-state index is 13.1. The van der Waals surface area contributed by atoms with E-state index in [2.05, 4.69) is 9.46 Å². The molecule has 3 aromatic rings. The van der Waals surface area contributed by atoms with E-state index in [1.807, 2.05) is 0 Å². The molecule has 1 atom stereocenters. The highest BCUT2D eigenvalue weighted by Gasteiger charge is 2.27. The molecular weight excluding hydrogens is 655 g/mol. The van der Waals surface area contributed by atoms with Crippen molar-refractivity contribution in [2.24, 2.45) is 5.92 Å².